The minimum Gasteiger partial charge on any atom is -0.342 e. The molecule has 1 amide bonds. The van der Waals surface area contributed by atoms with Crippen LogP contribution in [0, 0.1) is 11.8 Å². The number of carbonyl (C=O) groups excluding carboxylic acids is 1. The van der Waals surface area contributed by atoms with E-state index in [1.165, 1.54) is 0 Å². The summed E-state index contributed by atoms with van der Waals surface area (Å²) in [7, 11) is 0. The van der Waals surface area contributed by atoms with E-state index in [0.29, 0.717) is 24.1 Å². The largest absolute Gasteiger partial charge is 0.347 e. The van der Waals surface area contributed by atoms with E-state index in [2.05, 4.69) is 27.4 Å². The minimum absolute atomic E-state index is 0.243. The van der Waals surface area contributed by atoms with Gasteiger partial charge >= 0.3 is 5.69 Å². The van der Waals surface area contributed by atoms with E-state index in [1.807, 2.05) is 58.2 Å². The summed E-state index contributed by atoms with van der Waals surface area (Å²) in [4.78, 5) is 27.0. The normalized spacial score (nSPS) is 17.9. The number of aromatic amines is 1. The molecule has 2 fully saturated rings. The molecule has 0 radical (unpaired) electrons. The van der Waals surface area contributed by atoms with E-state index >= 15 is 0 Å². The van der Waals surface area contributed by atoms with Crippen molar-refractivity contribution in [1.29, 1.82) is 0 Å². The van der Waals surface area contributed by atoms with E-state index < -0.39 is 0 Å². The Labute approximate surface area is 196 Å². The number of amides is 1. The lowest BCUT2D eigenvalue weighted by Crippen LogP contribution is -2.30. The predicted octanol–water partition coefficient (Wildman–Crippen LogP) is 3.21. The molecule has 8 nitrogen and oxygen atoms in total. The number of carbonyl (C=O) groups is 1. The molecule has 2 aromatic heterocycles. The molecule has 1 saturated heterocycles. The molecule has 4 aromatic rings. The lowest BCUT2D eigenvalue weighted by atomic mass is 10.0. The molecule has 0 bridgehead atoms. The van der Waals surface area contributed by atoms with Gasteiger partial charge in [0.1, 0.15) is 5.82 Å². The Balaban J connectivity index is 1.21. The van der Waals surface area contributed by atoms with E-state index in [0.717, 1.165) is 54.9 Å². The van der Waals surface area contributed by atoms with Crippen molar-refractivity contribution < 1.29 is 4.79 Å². The molecule has 1 aliphatic heterocycles. The quantitative estimate of drug-likeness (QED) is 0.485. The molecule has 172 valence electrons. The van der Waals surface area contributed by atoms with Gasteiger partial charge in [0.25, 0.3) is 0 Å². The molecule has 3 heterocycles. The van der Waals surface area contributed by atoms with E-state index in [1.54, 1.807) is 10.8 Å². The van der Waals surface area contributed by atoms with Crippen LogP contribution in [0.1, 0.15) is 25.1 Å². The summed E-state index contributed by atoms with van der Waals surface area (Å²) in [6.45, 7) is 1.56. The SMILES string of the molecule is O=C(C1CC1)N1CC[C@@H](Cc2n[nH]c(=O)n2-c2ccc(-c3cccc(-n4cccn4)c3)cc2)C1. The van der Waals surface area contributed by atoms with Crippen molar-refractivity contribution in [2.45, 2.75) is 25.7 Å². The Morgan fingerprint density at radius 3 is 2.62 bits per heavy atom. The van der Waals surface area contributed by atoms with Crippen molar-refractivity contribution >= 4 is 5.91 Å². The zero-order valence-electron chi connectivity index (χ0n) is 18.8. The number of H-pyrrole nitrogens is 1. The van der Waals surface area contributed by atoms with Gasteiger partial charge in [-0.05, 0) is 66.6 Å². The van der Waals surface area contributed by atoms with Crippen LogP contribution in [-0.4, -0.2) is 48.4 Å². The van der Waals surface area contributed by atoms with Crippen LogP contribution in [0.25, 0.3) is 22.5 Å². The molecular formula is C26H26N6O2. The monoisotopic (exact) mass is 454 g/mol. The summed E-state index contributed by atoms with van der Waals surface area (Å²) < 4.78 is 3.48. The number of nitrogens with one attached hydrogen (secondary N) is 1. The third kappa shape index (κ3) is 3.96. The Morgan fingerprint density at radius 2 is 1.85 bits per heavy atom. The molecule has 1 saturated carbocycles. The van der Waals surface area contributed by atoms with Crippen LogP contribution in [0.5, 0.6) is 0 Å². The zero-order chi connectivity index (χ0) is 23.1. The molecular weight excluding hydrogens is 428 g/mol. The minimum atomic E-state index is -0.243. The van der Waals surface area contributed by atoms with Crippen molar-refractivity contribution in [3.63, 3.8) is 0 Å². The molecule has 0 unspecified atom stereocenters. The van der Waals surface area contributed by atoms with Crippen molar-refractivity contribution in [1.82, 2.24) is 29.4 Å². The second-order valence-corrected chi connectivity index (χ2v) is 9.25. The van der Waals surface area contributed by atoms with Crippen molar-refractivity contribution in [3.8, 4) is 22.5 Å². The Hall–Kier alpha value is -3.94. The van der Waals surface area contributed by atoms with E-state index in [9.17, 15) is 9.59 Å². The van der Waals surface area contributed by atoms with Gasteiger partial charge in [-0.2, -0.15) is 10.2 Å². The zero-order valence-corrected chi connectivity index (χ0v) is 18.8. The number of rotatable bonds is 6. The highest BCUT2D eigenvalue weighted by Crippen LogP contribution is 2.33. The average Bonchev–Trinajstić information content (AvgIpc) is 3.22. The lowest BCUT2D eigenvalue weighted by molar-refractivity contribution is -0.131. The molecule has 1 N–H and O–H groups in total. The van der Waals surface area contributed by atoms with Crippen molar-refractivity contribution in [2.24, 2.45) is 11.8 Å². The first-order valence-electron chi connectivity index (χ1n) is 11.8. The molecule has 0 spiro atoms. The summed E-state index contributed by atoms with van der Waals surface area (Å²) >= 11 is 0. The standard InChI is InChI=1S/C26H26N6O2/c33-25(20-5-6-20)30-14-11-18(17-30)15-24-28-29-26(34)32(24)22-9-7-19(8-10-22)21-3-1-4-23(16-21)31-13-2-12-27-31/h1-4,7-10,12-13,16,18,20H,5-6,11,14-15,17H2,(H,29,34)/t18-/m0/s1. The molecule has 6 rings (SSSR count). The number of likely N-dealkylation sites (tertiary alicyclic amines) is 1. The molecule has 1 atom stereocenters. The van der Waals surface area contributed by atoms with Crippen LogP contribution in [-0.2, 0) is 11.2 Å². The second-order valence-electron chi connectivity index (χ2n) is 9.25. The van der Waals surface area contributed by atoms with Gasteiger partial charge in [0.2, 0.25) is 5.91 Å². The van der Waals surface area contributed by atoms with Crippen LogP contribution in [0.3, 0.4) is 0 Å². The topological polar surface area (TPSA) is 88.8 Å². The number of hydrogen-bond acceptors (Lipinski definition) is 4. The second kappa shape index (κ2) is 8.44. The lowest BCUT2D eigenvalue weighted by Gasteiger charge is -2.16. The third-order valence-corrected chi connectivity index (χ3v) is 6.81. The molecule has 2 aliphatic rings. The fourth-order valence-corrected chi connectivity index (χ4v) is 4.83. The third-order valence-electron chi connectivity index (χ3n) is 6.81. The summed E-state index contributed by atoms with van der Waals surface area (Å²) in [5.74, 6) is 1.58. The smallest absolute Gasteiger partial charge is 0.342 e. The van der Waals surface area contributed by atoms with Crippen LogP contribution in [0.15, 0.2) is 71.8 Å². The Bertz CT molecular complexity index is 1370. The molecule has 34 heavy (non-hydrogen) atoms. The van der Waals surface area contributed by atoms with Gasteiger partial charge in [-0.1, -0.05) is 24.3 Å². The number of hydrogen-bond donors (Lipinski definition) is 1. The average molecular weight is 455 g/mol. The van der Waals surface area contributed by atoms with Gasteiger partial charge in [-0.25, -0.2) is 19.1 Å². The highest BCUT2D eigenvalue weighted by Gasteiger charge is 2.36. The van der Waals surface area contributed by atoms with Crippen LogP contribution in [0.2, 0.25) is 0 Å². The van der Waals surface area contributed by atoms with Gasteiger partial charge < -0.3 is 4.90 Å². The van der Waals surface area contributed by atoms with Crippen molar-refractivity contribution in [2.75, 3.05) is 13.1 Å². The van der Waals surface area contributed by atoms with Crippen LogP contribution < -0.4 is 5.69 Å². The van der Waals surface area contributed by atoms with Gasteiger partial charge in [-0.15, -0.1) is 0 Å². The number of nitrogens with zero attached hydrogens (tertiary/aromatic N) is 5. The van der Waals surface area contributed by atoms with Crippen molar-refractivity contribution in [3.05, 3.63) is 83.3 Å². The maximum absolute atomic E-state index is 12.6. The maximum Gasteiger partial charge on any atom is 0.347 e. The van der Waals surface area contributed by atoms with Gasteiger partial charge in [0, 0.05) is 37.8 Å². The van der Waals surface area contributed by atoms with Gasteiger partial charge in [-0.3, -0.25) is 4.79 Å². The summed E-state index contributed by atoms with van der Waals surface area (Å²) in [5, 5.41) is 11.2. The number of benzene rings is 2. The van der Waals surface area contributed by atoms with Gasteiger partial charge in [0.15, 0.2) is 0 Å². The summed E-state index contributed by atoms with van der Waals surface area (Å²) in [6.07, 6.45) is 7.35. The van der Waals surface area contributed by atoms with E-state index in [4.69, 9.17) is 0 Å². The fraction of sp³-hybridized carbons (Fsp3) is 0.308. The van der Waals surface area contributed by atoms with Gasteiger partial charge in [0.05, 0.1) is 11.4 Å². The molecule has 8 heteroatoms. The van der Waals surface area contributed by atoms with Crippen LogP contribution in [0.4, 0.5) is 0 Å². The van der Waals surface area contributed by atoms with Crippen LogP contribution >= 0.6 is 0 Å². The fourth-order valence-electron chi connectivity index (χ4n) is 4.83. The summed E-state index contributed by atoms with van der Waals surface area (Å²) in [5.41, 5.74) is 3.66. The number of aromatic nitrogens is 5. The Morgan fingerprint density at radius 1 is 1.00 bits per heavy atom. The predicted molar refractivity (Wildman–Crippen MR) is 128 cm³/mol. The summed E-state index contributed by atoms with van der Waals surface area (Å²) in [6, 6.07) is 18.0. The first-order valence-corrected chi connectivity index (χ1v) is 11.8. The van der Waals surface area contributed by atoms with E-state index in [-0.39, 0.29) is 11.6 Å². The highest BCUT2D eigenvalue weighted by atomic mass is 16.2. The first-order chi connectivity index (χ1) is 16.7. The molecule has 1 aliphatic carbocycles. The Kier molecular flexibility index (Phi) is 5.13. The highest BCUT2D eigenvalue weighted by molar-refractivity contribution is 5.81. The molecule has 2 aromatic carbocycles. The first kappa shape index (κ1) is 20.7. The maximum atomic E-state index is 12.6.